The highest BCUT2D eigenvalue weighted by molar-refractivity contribution is 5.28. The molecule has 0 amide bonds. The van der Waals surface area contributed by atoms with Crippen LogP contribution in [0.1, 0.15) is 29.6 Å². The lowest BCUT2D eigenvalue weighted by Crippen LogP contribution is -2.33. The molecule has 2 rings (SSSR count). The first-order valence-corrected chi connectivity index (χ1v) is 6.59. The normalized spacial score (nSPS) is 18.0. The largest absolute Gasteiger partial charge is 0.508 e. The number of phenols is 2. The average molecular weight is 291 g/mol. The number of benzene rings is 2. The minimum absolute atomic E-state index is 0.0378. The molecule has 0 unspecified atom stereocenters. The molecule has 0 aliphatic carbocycles. The van der Waals surface area contributed by atoms with Crippen LogP contribution in [0.4, 0.5) is 0 Å². The van der Waals surface area contributed by atoms with Crippen molar-refractivity contribution in [2.45, 2.75) is 25.4 Å². The second-order valence-electron chi connectivity index (χ2n) is 4.77. The van der Waals surface area contributed by atoms with E-state index in [9.17, 15) is 15.3 Å². The SMILES string of the molecule is [2H]C([2H])(N[C@H](C)[C@@H](O)c1ccc(O)cc1)C([2H])([2H])c1ccc(O)cc1. The van der Waals surface area contributed by atoms with Crippen molar-refractivity contribution in [3.05, 3.63) is 59.7 Å². The highest BCUT2D eigenvalue weighted by Gasteiger charge is 2.15. The number of aliphatic hydroxyl groups excluding tert-OH is 1. The molecule has 0 bridgehead atoms. The van der Waals surface area contributed by atoms with Gasteiger partial charge in [0, 0.05) is 11.5 Å². The first-order valence-electron chi connectivity index (χ1n) is 8.59. The van der Waals surface area contributed by atoms with Crippen molar-refractivity contribution in [2.75, 3.05) is 6.50 Å². The fourth-order valence-corrected chi connectivity index (χ4v) is 1.81. The zero-order valence-electron chi connectivity index (χ0n) is 15.6. The molecule has 0 aliphatic rings. The van der Waals surface area contributed by atoms with Crippen molar-refractivity contribution in [1.29, 1.82) is 0 Å². The lowest BCUT2D eigenvalue weighted by atomic mass is 10.0. The molecule has 0 saturated heterocycles. The summed E-state index contributed by atoms with van der Waals surface area (Å²) in [6, 6.07) is 10.3. The Balaban J connectivity index is 2.18. The Morgan fingerprint density at radius 1 is 1.00 bits per heavy atom. The molecular weight excluding hydrogens is 266 g/mol. The molecule has 0 heterocycles. The fourth-order valence-electron chi connectivity index (χ4n) is 1.81. The topological polar surface area (TPSA) is 72.7 Å². The van der Waals surface area contributed by atoms with Crippen molar-refractivity contribution in [1.82, 2.24) is 5.32 Å². The number of rotatable bonds is 6. The van der Waals surface area contributed by atoms with Gasteiger partial charge in [0.1, 0.15) is 11.5 Å². The quantitative estimate of drug-likeness (QED) is 0.659. The zero-order valence-corrected chi connectivity index (χ0v) is 11.6. The van der Waals surface area contributed by atoms with E-state index in [1.807, 2.05) is 0 Å². The summed E-state index contributed by atoms with van der Waals surface area (Å²) in [6.07, 6.45) is -3.49. The molecule has 0 spiro atoms. The first kappa shape index (κ1) is 10.7. The van der Waals surface area contributed by atoms with Crippen LogP contribution < -0.4 is 5.32 Å². The zero-order chi connectivity index (χ0) is 18.8. The van der Waals surface area contributed by atoms with E-state index < -0.39 is 25.0 Å². The van der Waals surface area contributed by atoms with Crippen LogP contribution in [-0.2, 0) is 6.37 Å². The van der Waals surface area contributed by atoms with E-state index in [-0.39, 0.29) is 17.1 Å². The number of aliphatic hydroxyl groups is 1. The fraction of sp³-hybridized carbons (Fsp3) is 0.294. The van der Waals surface area contributed by atoms with E-state index in [0.29, 0.717) is 5.56 Å². The van der Waals surface area contributed by atoms with E-state index in [0.717, 1.165) is 0 Å². The van der Waals surface area contributed by atoms with Crippen molar-refractivity contribution >= 4 is 0 Å². The second-order valence-corrected chi connectivity index (χ2v) is 4.77. The van der Waals surface area contributed by atoms with Gasteiger partial charge in [-0.15, -0.1) is 0 Å². The summed E-state index contributed by atoms with van der Waals surface area (Å²) in [7, 11) is 0. The summed E-state index contributed by atoms with van der Waals surface area (Å²) in [5.41, 5.74) is 0.535. The van der Waals surface area contributed by atoms with Gasteiger partial charge in [-0.25, -0.2) is 0 Å². The monoisotopic (exact) mass is 291 g/mol. The number of nitrogens with one attached hydrogen (secondary N) is 1. The molecule has 2 atom stereocenters. The average Bonchev–Trinajstić information content (AvgIpc) is 2.54. The first-order chi connectivity index (χ1) is 11.5. The Hall–Kier alpha value is -2.04. The number of aryl methyl sites for hydroxylation is 1. The summed E-state index contributed by atoms with van der Waals surface area (Å²) in [6.45, 7) is -0.941. The van der Waals surface area contributed by atoms with Gasteiger partial charge in [-0.2, -0.15) is 0 Å². The third-order valence-electron chi connectivity index (χ3n) is 3.08. The lowest BCUT2D eigenvalue weighted by Gasteiger charge is -2.20. The van der Waals surface area contributed by atoms with E-state index in [2.05, 4.69) is 5.32 Å². The van der Waals surface area contributed by atoms with E-state index >= 15 is 0 Å². The third kappa shape index (κ3) is 4.48. The maximum atomic E-state index is 10.3. The molecule has 2 aromatic carbocycles. The lowest BCUT2D eigenvalue weighted by molar-refractivity contribution is 0.136. The predicted octanol–water partition coefficient (Wildman–Crippen LogP) is 2.35. The van der Waals surface area contributed by atoms with Crippen LogP contribution in [0, 0.1) is 0 Å². The van der Waals surface area contributed by atoms with E-state index in [1.165, 1.54) is 48.5 Å². The molecular formula is C17H21NO3. The summed E-state index contributed by atoms with van der Waals surface area (Å²) in [5, 5.41) is 31.5. The van der Waals surface area contributed by atoms with Gasteiger partial charge < -0.3 is 20.6 Å². The molecule has 21 heavy (non-hydrogen) atoms. The Kier molecular flexibility index (Phi) is 3.61. The van der Waals surface area contributed by atoms with Crippen molar-refractivity contribution in [3.8, 4) is 11.5 Å². The molecule has 4 nitrogen and oxygen atoms in total. The van der Waals surface area contributed by atoms with E-state index in [1.54, 1.807) is 6.92 Å². The smallest absolute Gasteiger partial charge is 0.115 e. The molecule has 0 fully saturated rings. The number of hydrogen-bond donors (Lipinski definition) is 4. The van der Waals surface area contributed by atoms with Crippen LogP contribution in [0.15, 0.2) is 48.5 Å². The highest BCUT2D eigenvalue weighted by atomic mass is 16.3. The van der Waals surface area contributed by atoms with Gasteiger partial charge in [-0.1, -0.05) is 24.3 Å². The van der Waals surface area contributed by atoms with Gasteiger partial charge in [0.05, 0.1) is 6.10 Å². The molecule has 112 valence electrons. The van der Waals surface area contributed by atoms with E-state index in [4.69, 9.17) is 5.48 Å². The molecule has 2 aromatic rings. The van der Waals surface area contributed by atoms with Crippen LogP contribution in [0.25, 0.3) is 0 Å². The number of aromatic hydroxyl groups is 2. The molecule has 0 radical (unpaired) electrons. The van der Waals surface area contributed by atoms with Gasteiger partial charge in [0.15, 0.2) is 0 Å². The minimum Gasteiger partial charge on any atom is -0.508 e. The standard InChI is InChI=1S/C17H21NO3/c1-12(17(21)14-4-8-16(20)9-5-14)18-11-10-13-2-6-15(19)7-3-13/h2-9,12,17-21H,10-11H2,1H3/t12-,17-/m1/s1/i10D2,11D2. The molecule has 0 saturated carbocycles. The van der Waals surface area contributed by atoms with Crippen molar-refractivity contribution in [2.24, 2.45) is 0 Å². The number of phenolic OH excluding ortho intramolecular Hbond substituents is 2. The summed E-state index contributed by atoms with van der Waals surface area (Å²) < 4.78 is 32.5. The van der Waals surface area contributed by atoms with Crippen molar-refractivity contribution in [3.63, 3.8) is 0 Å². The Labute approximate surface area is 130 Å². The summed E-state index contributed by atoms with van der Waals surface area (Å²) >= 11 is 0. The van der Waals surface area contributed by atoms with Gasteiger partial charge in [-0.3, -0.25) is 0 Å². The molecule has 4 N–H and O–H groups in total. The van der Waals surface area contributed by atoms with Gasteiger partial charge in [-0.05, 0) is 55.2 Å². The van der Waals surface area contributed by atoms with Gasteiger partial charge in [0.2, 0.25) is 0 Å². The Bertz CT molecular complexity index is 705. The Morgan fingerprint density at radius 3 is 2.10 bits per heavy atom. The Morgan fingerprint density at radius 2 is 1.52 bits per heavy atom. The molecule has 4 heteroatoms. The van der Waals surface area contributed by atoms with Gasteiger partial charge in [0.25, 0.3) is 0 Å². The van der Waals surface area contributed by atoms with Crippen LogP contribution in [0.2, 0.25) is 0 Å². The van der Waals surface area contributed by atoms with Crippen LogP contribution in [-0.4, -0.2) is 27.9 Å². The minimum atomic E-state index is -2.48. The molecule has 0 aromatic heterocycles. The summed E-state index contributed by atoms with van der Waals surface area (Å²) in [4.78, 5) is 0. The molecule has 0 aliphatic heterocycles. The van der Waals surface area contributed by atoms with Crippen molar-refractivity contribution < 1.29 is 20.8 Å². The van der Waals surface area contributed by atoms with Crippen LogP contribution in [0.3, 0.4) is 0 Å². The predicted molar refractivity (Wildman–Crippen MR) is 82.3 cm³/mol. The second kappa shape index (κ2) is 7.11. The summed E-state index contributed by atoms with van der Waals surface area (Å²) in [5.74, 6) is 0.0137. The maximum Gasteiger partial charge on any atom is 0.115 e. The number of hydrogen-bond acceptors (Lipinski definition) is 4. The van der Waals surface area contributed by atoms with Crippen LogP contribution in [0.5, 0.6) is 11.5 Å². The highest BCUT2D eigenvalue weighted by Crippen LogP contribution is 2.19. The third-order valence-corrected chi connectivity index (χ3v) is 3.08. The maximum absolute atomic E-state index is 10.3. The van der Waals surface area contributed by atoms with Gasteiger partial charge >= 0.3 is 0 Å². The van der Waals surface area contributed by atoms with Crippen LogP contribution >= 0.6 is 0 Å².